The zero-order chi connectivity index (χ0) is 53.9. The fourth-order valence-electron chi connectivity index (χ4n) is 9.51. The minimum atomic E-state index is -2.28. The minimum Gasteiger partial charge on any atom is -0.394 e. The van der Waals surface area contributed by atoms with E-state index in [-0.39, 0.29) is 0 Å². The minimum absolute atomic E-state index is 0.747. The largest absolute Gasteiger partial charge is 0.394 e. The third kappa shape index (κ3) is 12.9. The van der Waals surface area contributed by atoms with Crippen LogP contribution >= 0.6 is 0 Å². The topological polar surface area (TPSA) is 504 Å². The van der Waals surface area contributed by atoms with Gasteiger partial charge in [0, 0.05) is 13.8 Å². The molecule has 6 aliphatic rings. The number of carbonyl (C=O) groups is 2. The van der Waals surface area contributed by atoms with E-state index in [4.69, 9.17) is 52.1 Å². The molecular weight excluding hydrogens is 1000 g/mol. The van der Waals surface area contributed by atoms with E-state index in [1.54, 1.807) is 0 Å². The number of hydrogen-bond acceptors (Lipinski definition) is 30. The van der Waals surface area contributed by atoms with Crippen LogP contribution in [0.2, 0.25) is 0 Å². The van der Waals surface area contributed by atoms with Crippen LogP contribution in [0.3, 0.4) is 0 Å². The SMILES string of the molecule is CC(=O)NC1C(OC2C(CO)OC(OC3C(CO)OC(OC4C(O)C(C)OC(CO)C4O)C(NC(C)=O)C3OC3OC(CO)C(O)C(O)C3O)C(O)C2O)OC(CO)C(O)C1OC1OC(CO)C(O)C(O)C1O. The summed E-state index contributed by atoms with van der Waals surface area (Å²) >= 11 is 0. The van der Waals surface area contributed by atoms with Gasteiger partial charge in [-0.1, -0.05) is 0 Å². The highest BCUT2D eigenvalue weighted by Gasteiger charge is 2.59. The van der Waals surface area contributed by atoms with Crippen molar-refractivity contribution in [2.24, 2.45) is 0 Å². The Balaban J connectivity index is 1.30. The lowest BCUT2D eigenvalue weighted by Gasteiger charge is -2.52. The third-order valence-corrected chi connectivity index (χ3v) is 13.5. The average molecular weight is 1070 g/mol. The Bertz CT molecular complexity index is 1740. The number of carbonyl (C=O) groups excluding carboxylic acids is 2. The van der Waals surface area contributed by atoms with Gasteiger partial charge in [-0.05, 0) is 6.92 Å². The number of amides is 2. The lowest BCUT2D eigenvalue weighted by Crippen LogP contribution is -2.71. The fourth-order valence-corrected chi connectivity index (χ4v) is 9.51. The lowest BCUT2D eigenvalue weighted by atomic mass is 9.93. The summed E-state index contributed by atoms with van der Waals surface area (Å²) in [4.78, 5) is 25.5. The fraction of sp³-hybridized carbons (Fsp3) is 0.951. The van der Waals surface area contributed by atoms with E-state index in [0.717, 1.165) is 13.8 Å². The summed E-state index contributed by atoms with van der Waals surface area (Å²) in [5, 5.41) is 187. The molecule has 32 nitrogen and oxygen atoms in total. The van der Waals surface area contributed by atoms with Crippen molar-refractivity contribution in [3.63, 3.8) is 0 Å². The van der Waals surface area contributed by atoms with E-state index in [2.05, 4.69) is 10.6 Å². The van der Waals surface area contributed by atoms with Gasteiger partial charge in [0.2, 0.25) is 11.8 Å². The first-order valence-electron chi connectivity index (χ1n) is 23.4. The van der Waals surface area contributed by atoms with E-state index in [9.17, 15) is 96.4 Å². The van der Waals surface area contributed by atoms with Gasteiger partial charge in [-0.15, -0.1) is 0 Å². The molecule has 6 fully saturated rings. The Labute approximate surface area is 414 Å². The van der Waals surface area contributed by atoms with Crippen molar-refractivity contribution in [2.75, 3.05) is 39.6 Å². The normalized spacial score (nSPS) is 49.8. The Morgan fingerprint density at radius 3 is 1.12 bits per heavy atom. The highest BCUT2D eigenvalue weighted by molar-refractivity contribution is 5.73. The Morgan fingerprint density at radius 2 is 0.658 bits per heavy atom. The zero-order valence-corrected chi connectivity index (χ0v) is 39.5. The quantitative estimate of drug-likeness (QED) is 0.0606. The van der Waals surface area contributed by atoms with Crippen LogP contribution in [0.25, 0.3) is 0 Å². The molecule has 0 bridgehead atoms. The second-order valence-corrected chi connectivity index (χ2v) is 18.5. The maximum Gasteiger partial charge on any atom is 0.217 e. The van der Waals surface area contributed by atoms with E-state index < -0.39 is 235 Å². The number of aliphatic hydroxyl groups is 17. The molecule has 0 aromatic rings. The van der Waals surface area contributed by atoms with Gasteiger partial charge in [0.1, 0.15) is 146 Å². The molecule has 0 saturated carbocycles. The van der Waals surface area contributed by atoms with Crippen LogP contribution in [-0.4, -0.2) is 322 Å². The summed E-state index contributed by atoms with van der Waals surface area (Å²) in [6, 6.07) is -3.45. The molecule has 0 spiro atoms. The van der Waals surface area contributed by atoms with E-state index in [1.165, 1.54) is 6.92 Å². The van der Waals surface area contributed by atoms with Crippen molar-refractivity contribution in [2.45, 2.75) is 205 Å². The molecule has 73 heavy (non-hydrogen) atoms. The monoisotopic (exact) mass is 1070 g/mol. The van der Waals surface area contributed by atoms with Gasteiger partial charge in [-0.2, -0.15) is 0 Å². The molecule has 0 aromatic carbocycles. The standard InChI is InChI=1S/C41H70N2O30/c1-10-21(52)36(25(56)15(6-46)63-10)73-38-20(43-12(3)51)35(72-40-30(61)27(58)23(54)14(5-45)66-40)33(18(9-49)67-38)70-41-31(62)28(59)32(17(8-48)68-41)69-37-19(42-11(2)50)34(24(55)16(7-47)64-37)71-39-29(60)26(57)22(53)13(4-44)65-39/h10,13-41,44-49,52-62H,4-9H2,1-3H3,(H,42,50)(H,43,51). The molecule has 0 aliphatic carbocycles. The van der Waals surface area contributed by atoms with Gasteiger partial charge in [-0.3, -0.25) is 9.59 Å². The molecule has 6 aliphatic heterocycles. The average Bonchev–Trinajstić information content (AvgIpc) is 3.36. The molecular formula is C41H70N2O30. The summed E-state index contributed by atoms with van der Waals surface area (Å²) in [5.41, 5.74) is 0. The number of ether oxygens (including phenoxy) is 11. The van der Waals surface area contributed by atoms with Gasteiger partial charge in [0.05, 0.1) is 45.7 Å². The van der Waals surface area contributed by atoms with E-state index in [0.29, 0.717) is 0 Å². The predicted octanol–water partition coefficient (Wildman–Crippen LogP) is -12.7. The van der Waals surface area contributed by atoms with Gasteiger partial charge < -0.3 is 150 Å². The van der Waals surface area contributed by atoms with Gasteiger partial charge in [0.15, 0.2) is 31.5 Å². The van der Waals surface area contributed by atoms with Crippen LogP contribution in [0.4, 0.5) is 0 Å². The first-order chi connectivity index (χ1) is 34.5. The molecule has 30 atom stereocenters. The first-order valence-corrected chi connectivity index (χ1v) is 23.4. The van der Waals surface area contributed by atoms with Gasteiger partial charge in [-0.25, -0.2) is 0 Å². The van der Waals surface area contributed by atoms with Crippen LogP contribution in [0, 0.1) is 0 Å². The molecule has 424 valence electrons. The molecule has 32 heteroatoms. The number of nitrogens with one attached hydrogen (secondary N) is 2. The summed E-state index contributed by atoms with van der Waals surface area (Å²) in [5.74, 6) is -1.67. The van der Waals surface area contributed by atoms with Crippen LogP contribution in [0.1, 0.15) is 20.8 Å². The molecule has 2 amide bonds. The molecule has 30 unspecified atom stereocenters. The van der Waals surface area contributed by atoms with Crippen LogP contribution < -0.4 is 10.6 Å². The molecule has 6 heterocycles. The Hall–Kier alpha value is -2.18. The first kappa shape index (κ1) is 60.1. The summed E-state index contributed by atoms with van der Waals surface area (Å²) < 4.78 is 64.4. The van der Waals surface area contributed by atoms with Crippen molar-refractivity contribution in [3.8, 4) is 0 Å². The van der Waals surface area contributed by atoms with E-state index >= 15 is 0 Å². The molecule has 6 rings (SSSR count). The van der Waals surface area contributed by atoms with Crippen molar-refractivity contribution in [3.05, 3.63) is 0 Å². The Kier molecular flexibility index (Phi) is 21.4. The Morgan fingerprint density at radius 1 is 0.342 bits per heavy atom. The number of aliphatic hydroxyl groups excluding tert-OH is 17. The number of rotatable bonds is 18. The lowest BCUT2D eigenvalue weighted by molar-refractivity contribution is -0.391. The zero-order valence-electron chi connectivity index (χ0n) is 39.5. The molecule has 19 N–H and O–H groups in total. The second kappa shape index (κ2) is 26.0. The summed E-state index contributed by atoms with van der Waals surface area (Å²) in [6.45, 7) is -2.23. The molecule has 0 radical (unpaired) electrons. The smallest absolute Gasteiger partial charge is 0.217 e. The van der Waals surface area contributed by atoms with E-state index in [1.807, 2.05) is 0 Å². The predicted molar refractivity (Wildman–Crippen MR) is 226 cm³/mol. The third-order valence-electron chi connectivity index (χ3n) is 13.5. The molecule has 0 aromatic heterocycles. The van der Waals surface area contributed by atoms with Crippen molar-refractivity contribution >= 4 is 11.8 Å². The van der Waals surface area contributed by atoms with Crippen LogP contribution in [-0.2, 0) is 61.7 Å². The maximum absolute atomic E-state index is 12.9. The highest BCUT2D eigenvalue weighted by Crippen LogP contribution is 2.38. The molecule has 6 saturated heterocycles. The highest BCUT2D eigenvalue weighted by atomic mass is 16.8. The van der Waals surface area contributed by atoms with Crippen LogP contribution in [0.5, 0.6) is 0 Å². The van der Waals surface area contributed by atoms with Crippen molar-refractivity contribution < 1.29 is 149 Å². The van der Waals surface area contributed by atoms with Gasteiger partial charge >= 0.3 is 0 Å². The summed E-state index contributed by atoms with van der Waals surface area (Å²) in [7, 11) is 0. The van der Waals surface area contributed by atoms with Gasteiger partial charge in [0.25, 0.3) is 0 Å². The maximum atomic E-state index is 12.9. The van der Waals surface area contributed by atoms with Crippen molar-refractivity contribution in [1.82, 2.24) is 10.6 Å². The summed E-state index contributed by atoms with van der Waals surface area (Å²) in [6.07, 6.45) is -51.3. The van der Waals surface area contributed by atoms with Crippen molar-refractivity contribution in [1.29, 1.82) is 0 Å². The van der Waals surface area contributed by atoms with Crippen LogP contribution in [0.15, 0.2) is 0 Å². The second-order valence-electron chi connectivity index (χ2n) is 18.5. The number of hydrogen-bond donors (Lipinski definition) is 19.